The maximum atomic E-state index is 13.1. The highest BCUT2D eigenvalue weighted by molar-refractivity contribution is 7.92. The number of hydrogen-bond donors (Lipinski definition) is 3. The summed E-state index contributed by atoms with van der Waals surface area (Å²) >= 11 is 5.92. The molecule has 1 fully saturated rings. The van der Waals surface area contributed by atoms with Gasteiger partial charge in [0.1, 0.15) is 11.4 Å². The first-order valence-corrected chi connectivity index (χ1v) is 13.9. The Morgan fingerprint density at radius 3 is 2.59 bits per heavy atom. The Kier molecular flexibility index (Phi) is 6.90. The van der Waals surface area contributed by atoms with E-state index in [1.54, 1.807) is 65.7 Å². The van der Waals surface area contributed by atoms with Crippen LogP contribution in [-0.4, -0.2) is 59.6 Å². The van der Waals surface area contributed by atoms with E-state index in [4.69, 9.17) is 16.3 Å². The lowest BCUT2D eigenvalue weighted by atomic mass is 10.0. The lowest BCUT2D eigenvalue weighted by Gasteiger charge is -2.32. The van der Waals surface area contributed by atoms with E-state index < -0.39 is 10.0 Å². The Balaban J connectivity index is 1.18. The monoisotopic (exact) mass is 540 g/mol. The van der Waals surface area contributed by atoms with Gasteiger partial charge in [0.2, 0.25) is 21.9 Å². The van der Waals surface area contributed by atoms with E-state index in [2.05, 4.69) is 25.0 Å². The van der Waals surface area contributed by atoms with Crippen molar-refractivity contribution in [3.63, 3.8) is 0 Å². The summed E-state index contributed by atoms with van der Waals surface area (Å²) < 4.78 is 31.2. The summed E-state index contributed by atoms with van der Waals surface area (Å²) in [5.74, 6) is 1.41. The fourth-order valence-corrected chi connectivity index (χ4v) is 4.88. The Morgan fingerprint density at radius 2 is 1.86 bits per heavy atom. The quantitative estimate of drug-likeness (QED) is 0.315. The number of nitrogens with zero attached hydrogens (tertiary/aromatic N) is 3. The smallest absolute Gasteiger partial charge is 0.270 e. The average molecular weight is 541 g/mol. The third-order valence-corrected chi connectivity index (χ3v) is 6.79. The molecule has 5 rings (SSSR count). The normalized spacial score (nSPS) is 14.5. The lowest BCUT2D eigenvalue weighted by Crippen LogP contribution is -2.42. The van der Waals surface area contributed by atoms with E-state index in [-0.39, 0.29) is 11.9 Å². The number of benzene rings is 2. The van der Waals surface area contributed by atoms with Gasteiger partial charge in [0.25, 0.3) is 5.91 Å². The van der Waals surface area contributed by atoms with Crippen molar-refractivity contribution in [1.82, 2.24) is 19.9 Å². The van der Waals surface area contributed by atoms with E-state index >= 15 is 0 Å². The molecule has 0 bridgehead atoms. The van der Waals surface area contributed by atoms with Crippen molar-refractivity contribution in [3.05, 3.63) is 71.5 Å². The number of rotatable bonds is 7. The SMILES string of the molecule is CS(=O)(=O)Nc1ccc2[nH]c(C(=O)N3CCC(Nc4nccc(Oc5ccc(Cl)cc5)n4)CC3)cc2c1. The molecule has 3 N–H and O–H groups in total. The number of carbonyl (C=O) groups excluding carboxylic acids is 1. The number of piperidine rings is 1. The molecule has 10 nitrogen and oxygen atoms in total. The summed E-state index contributed by atoms with van der Waals surface area (Å²) in [4.78, 5) is 26.8. The molecular formula is C25H25ClN6O4S. The van der Waals surface area contributed by atoms with Crippen LogP contribution in [0.15, 0.2) is 60.8 Å². The van der Waals surface area contributed by atoms with Gasteiger partial charge in [0.05, 0.1) is 6.26 Å². The first-order valence-electron chi connectivity index (χ1n) is 11.6. The molecule has 1 amide bonds. The van der Waals surface area contributed by atoms with Gasteiger partial charge in [0.15, 0.2) is 0 Å². The number of fused-ring (bicyclic) bond motifs is 1. The highest BCUT2D eigenvalue weighted by Crippen LogP contribution is 2.24. The fraction of sp³-hybridized carbons (Fsp3) is 0.240. The third-order valence-electron chi connectivity index (χ3n) is 5.94. The number of aromatic amines is 1. The van der Waals surface area contributed by atoms with Crippen molar-refractivity contribution in [2.75, 3.05) is 29.4 Å². The molecule has 0 radical (unpaired) electrons. The van der Waals surface area contributed by atoms with Gasteiger partial charge in [-0.2, -0.15) is 4.98 Å². The zero-order valence-corrected chi connectivity index (χ0v) is 21.5. The number of aromatic nitrogens is 3. The van der Waals surface area contributed by atoms with E-state index in [1.807, 2.05) is 0 Å². The zero-order chi connectivity index (χ0) is 26.0. The van der Waals surface area contributed by atoms with Crippen LogP contribution in [0.4, 0.5) is 11.6 Å². The maximum absolute atomic E-state index is 13.1. The summed E-state index contributed by atoms with van der Waals surface area (Å²) in [7, 11) is -3.38. The number of nitrogens with one attached hydrogen (secondary N) is 3. The summed E-state index contributed by atoms with van der Waals surface area (Å²) in [6, 6.07) is 15.7. The van der Waals surface area contributed by atoms with Gasteiger partial charge < -0.3 is 19.9 Å². The molecule has 0 spiro atoms. The van der Waals surface area contributed by atoms with Crippen molar-refractivity contribution in [1.29, 1.82) is 0 Å². The topological polar surface area (TPSA) is 129 Å². The minimum absolute atomic E-state index is 0.0955. The molecule has 1 aliphatic heterocycles. The van der Waals surface area contributed by atoms with Gasteiger partial charge in [-0.25, -0.2) is 13.4 Å². The molecule has 12 heteroatoms. The first-order chi connectivity index (χ1) is 17.7. The minimum atomic E-state index is -3.38. The molecule has 0 saturated carbocycles. The van der Waals surface area contributed by atoms with Crippen LogP contribution in [-0.2, 0) is 10.0 Å². The van der Waals surface area contributed by atoms with Gasteiger partial charge in [0, 0.05) is 53.0 Å². The molecule has 1 aliphatic rings. The van der Waals surface area contributed by atoms with Gasteiger partial charge in [-0.1, -0.05) is 11.6 Å². The van der Waals surface area contributed by atoms with Gasteiger partial charge in [-0.15, -0.1) is 0 Å². The van der Waals surface area contributed by atoms with E-state index in [0.717, 1.165) is 30.0 Å². The fourth-order valence-electron chi connectivity index (χ4n) is 4.20. The molecular weight excluding hydrogens is 516 g/mol. The van der Waals surface area contributed by atoms with Crippen LogP contribution in [0.3, 0.4) is 0 Å². The van der Waals surface area contributed by atoms with Crippen LogP contribution in [0.1, 0.15) is 23.3 Å². The Labute approximate surface area is 219 Å². The number of ether oxygens (including phenoxy) is 1. The number of likely N-dealkylation sites (tertiary alicyclic amines) is 1. The molecule has 2 aromatic heterocycles. The number of anilines is 2. The van der Waals surface area contributed by atoms with Crippen LogP contribution in [0, 0.1) is 0 Å². The first kappa shape index (κ1) is 24.8. The molecule has 192 valence electrons. The summed E-state index contributed by atoms with van der Waals surface area (Å²) in [5.41, 5.74) is 1.68. The van der Waals surface area contributed by atoms with Crippen LogP contribution in [0.5, 0.6) is 11.6 Å². The molecule has 37 heavy (non-hydrogen) atoms. The van der Waals surface area contributed by atoms with E-state index in [9.17, 15) is 13.2 Å². The molecule has 1 saturated heterocycles. The second-order valence-electron chi connectivity index (χ2n) is 8.84. The van der Waals surface area contributed by atoms with E-state index in [1.165, 1.54) is 0 Å². The lowest BCUT2D eigenvalue weighted by molar-refractivity contribution is 0.0713. The van der Waals surface area contributed by atoms with Gasteiger partial charge in [-0.3, -0.25) is 9.52 Å². The highest BCUT2D eigenvalue weighted by Gasteiger charge is 2.25. The van der Waals surface area contributed by atoms with Crippen molar-refractivity contribution >= 4 is 50.1 Å². The standard InChI is InChI=1S/C25H25ClN6O4S/c1-37(34,35)31-19-4-7-21-16(14-19)15-22(29-21)24(33)32-12-9-18(10-13-32)28-25-27-11-8-23(30-25)36-20-5-2-17(26)3-6-20/h2-8,11,14-15,18,29,31H,9-10,12-13H2,1H3,(H,27,28,30). The summed E-state index contributed by atoms with van der Waals surface area (Å²) in [6.45, 7) is 1.15. The highest BCUT2D eigenvalue weighted by atomic mass is 35.5. The van der Waals surface area contributed by atoms with Crippen molar-refractivity contribution in [3.8, 4) is 11.6 Å². The van der Waals surface area contributed by atoms with Crippen LogP contribution in [0.2, 0.25) is 5.02 Å². The van der Waals surface area contributed by atoms with Crippen molar-refractivity contribution in [2.45, 2.75) is 18.9 Å². The second-order valence-corrected chi connectivity index (χ2v) is 11.0. The number of halogens is 1. The largest absolute Gasteiger partial charge is 0.439 e. The Bertz CT molecular complexity index is 1530. The molecule has 4 aromatic rings. The number of H-pyrrole nitrogens is 1. The maximum Gasteiger partial charge on any atom is 0.270 e. The number of carbonyl (C=O) groups is 1. The van der Waals surface area contributed by atoms with E-state index in [0.29, 0.717) is 47.1 Å². The zero-order valence-electron chi connectivity index (χ0n) is 19.9. The molecule has 2 aromatic carbocycles. The minimum Gasteiger partial charge on any atom is -0.439 e. The predicted molar refractivity (Wildman–Crippen MR) is 143 cm³/mol. The van der Waals surface area contributed by atoms with Crippen LogP contribution in [0.25, 0.3) is 10.9 Å². The summed E-state index contributed by atoms with van der Waals surface area (Å²) in [5, 5.41) is 4.72. The second kappa shape index (κ2) is 10.3. The molecule has 0 atom stereocenters. The number of sulfonamides is 1. The van der Waals surface area contributed by atoms with Crippen molar-refractivity contribution < 1.29 is 17.9 Å². The molecule has 3 heterocycles. The average Bonchev–Trinajstić information content (AvgIpc) is 3.28. The van der Waals surface area contributed by atoms with Crippen LogP contribution >= 0.6 is 11.6 Å². The molecule has 0 aliphatic carbocycles. The van der Waals surface area contributed by atoms with Crippen molar-refractivity contribution in [2.24, 2.45) is 0 Å². The van der Waals surface area contributed by atoms with Gasteiger partial charge >= 0.3 is 0 Å². The van der Waals surface area contributed by atoms with Gasteiger partial charge in [-0.05, 0) is 61.4 Å². The predicted octanol–water partition coefficient (Wildman–Crippen LogP) is 4.49. The Morgan fingerprint density at radius 1 is 1.11 bits per heavy atom. The summed E-state index contributed by atoms with van der Waals surface area (Å²) in [6.07, 6.45) is 4.20. The molecule has 0 unspecified atom stereocenters. The third kappa shape index (κ3) is 6.30. The number of hydrogen-bond acceptors (Lipinski definition) is 7. The Hall–Kier alpha value is -3.83. The van der Waals surface area contributed by atoms with Crippen LogP contribution < -0.4 is 14.8 Å². The number of amides is 1.